The number of nitrogens with zero attached hydrogens (tertiary/aromatic N) is 1. The molecular weight excluding hydrogens is 340 g/mol. The van der Waals surface area contributed by atoms with E-state index in [1.165, 1.54) is 19.2 Å². The van der Waals surface area contributed by atoms with Gasteiger partial charge in [-0.1, -0.05) is 11.6 Å². The van der Waals surface area contributed by atoms with Crippen LogP contribution in [0.15, 0.2) is 23.1 Å². The Kier molecular flexibility index (Phi) is 4.85. The average molecular weight is 361 g/mol. The van der Waals surface area contributed by atoms with Crippen molar-refractivity contribution in [1.29, 1.82) is 0 Å². The minimum atomic E-state index is -3.61. The van der Waals surface area contributed by atoms with Crippen molar-refractivity contribution in [2.75, 3.05) is 26.8 Å². The molecule has 8 heteroatoms. The molecule has 2 aliphatic heterocycles. The van der Waals surface area contributed by atoms with E-state index in [9.17, 15) is 8.42 Å². The highest BCUT2D eigenvalue weighted by atomic mass is 35.5. The summed E-state index contributed by atoms with van der Waals surface area (Å²) >= 11 is 6.03. The lowest BCUT2D eigenvalue weighted by molar-refractivity contribution is -0.0390. The summed E-state index contributed by atoms with van der Waals surface area (Å²) in [5.74, 6) is 0.453. The van der Waals surface area contributed by atoms with Gasteiger partial charge in [-0.05, 0) is 31.5 Å². The number of benzene rings is 1. The van der Waals surface area contributed by atoms with Crippen LogP contribution in [0.3, 0.4) is 0 Å². The number of methoxy groups -OCH3 is 1. The standard InChI is InChI=1S/C15H21ClN2O4S/c1-10-7-18-8-11(5-12(18)9-22-10)17-23(19,20)13-3-4-15(21-2)14(16)6-13/h3-4,6,10-12,17H,5,7-9H2,1-2H3/t10-,11-,12+/m1/s1. The molecule has 3 rings (SSSR count). The molecular formula is C15H21ClN2O4S. The zero-order valence-corrected chi connectivity index (χ0v) is 14.7. The second-order valence-corrected chi connectivity index (χ2v) is 8.22. The van der Waals surface area contributed by atoms with Gasteiger partial charge in [0, 0.05) is 25.2 Å². The molecule has 23 heavy (non-hydrogen) atoms. The second kappa shape index (κ2) is 6.57. The SMILES string of the molecule is COc1ccc(S(=O)(=O)N[C@@H]2C[C@H]3CO[C@H](C)CN3C2)cc1Cl. The van der Waals surface area contributed by atoms with Gasteiger partial charge in [0.2, 0.25) is 10.0 Å². The third kappa shape index (κ3) is 3.64. The summed E-state index contributed by atoms with van der Waals surface area (Å²) < 4.78 is 38.6. The minimum absolute atomic E-state index is 0.111. The summed E-state index contributed by atoms with van der Waals surface area (Å²) in [4.78, 5) is 2.44. The number of morpholine rings is 1. The van der Waals surface area contributed by atoms with E-state index in [2.05, 4.69) is 9.62 Å². The minimum Gasteiger partial charge on any atom is -0.495 e. The van der Waals surface area contributed by atoms with Crippen molar-refractivity contribution in [3.63, 3.8) is 0 Å². The van der Waals surface area contributed by atoms with Crippen LogP contribution >= 0.6 is 11.6 Å². The Labute approximate surface area is 141 Å². The topological polar surface area (TPSA) is 67.9 Å². The van der Waals surface area contributed by atoms with Gasteiger partial charge in [-0.2, -0.15) is 0 Å². The molecule has 0 radical (unpaired) electrons. The number of halogens is 1. The number of hydrogen-bond donors (Lipinski definition) is 1. The summed E-state index contributed by atoms with van der Waals surface area (Å²) in [6.07, 6.45) is 0.956. The van der Waals surface area contributed by atoms with Gasteiger partial charge in [0.25, 0.3) is 0 Å². The molecule has 3 atom stereocenters. The van der Waals surface area contributed by atoms with Crippen LogP contribution in [0.25, 0.3) is 0 Å². The number of nitrogens with one attached hydrogen (secondary N) is 1. The molecule has 0 aliphatic carbocycles. The van der Waals surface area contributed by atoms with Crippen molar-refractivity contribution in [2.24, 2.45) is 0 Å². The second-order valence-electron chi connectivity index (χ2n) is 6.10. The Morgan fingerprint density at radius 1 is 1.39 bits per heavy atom. The van der Waals surface area contributed by atoms with Gasteiger partial charge in [-0.3, -0.25) is 4.90 Å². The van der Waals surface area contributed by atoms with Crippen molar-refractivity contribution in [3.8, 4) is 5.75 Å². The number of sulfonamides is 1. The fourth-order valence-electron chi connectivity index (χ4n) is 3.23. The summed E-state index contributed by atoms with van der Waals surface area (Å²) in [6.45, 7) is 4.25. The van der Waals surface area contributed by atoms with E-state index in [0.717, 1.165) is 13.0 Å². The van der Waals surface area contributed by atoms with Crippen molar-refractivity contribution in [3.05, 3.63) is 23.2 Å². The number of rotatable bonds is 4. The van der Waals surface area contributed by atoms with E-state index >= 15 is 0 Å². The zero-order valence-electron chi connectivity index (χ0n) is 13.2. The van der Waals surface area contributed by atoms with Crippen molar-refractivity contribution < 1.29 is 17.9 Å². The molecule has 0 aromatic heterocycles. The van der Waals surface area contributed by atoms with Gasteiger partial charge in [0.1, 0.15) is 5.75 Å². The van der Waals surface area contributed by atoms with Crippen LogP contribution in [-0.4, -0.2) is 58.3 Å². The van der Waals surface area contributed by atoms with E-state index in [-0.39, 0.29) is 22.1 Å². The van der Waals surface area contributed by atoms with E-state index in [1.54, 1.807) is 6.07 Å². The fourth-order valence-corrected chi connectivity index (χ4v) is 4.81. The lowest BCUT2D eigenvalue weighted by atomic mass is 10.2. The van der Waals surface area contributed by atoms with E-state index < -0.39 is 10.0 Å². The maximum absolute atomic E-state index is 12.5. The van der Waals surface area contributed by atoms with Gasteiger partial charge >= 0.3 is 0 Å². The Morgan fingerprint density at radius 3 is 2.87 bits per heavy atom. The Morgan fingerprint density at radius 2 is 2.17 bits per heavy atom. The predicted octanol–water partition coefficient (Wildman–Crippen LogP) is 1.49. The van der Waals surface area contributed by atoms with E-state index in [0.29, 0.717) is 24.9 Å². The molecule has 1 aromatic carbocycles. The maximum atomic E-state index is 12.5. The first-order valence-corrected chi connectivity index (χ1v) is 9.46. The van der Waals surface area contributed by atoms with Crippen LogP contribution < -0.4 is 9.46 Å². The molecule has 0 unspecified atom stereocenters. The molecule has 1 aromatic rings. The molecule has 0 bridgehead atoms. The van der Waals surface area contributed by atoms with Crippen LogP contribution in [0.1, 0.15) is 13.3 Å². The van der Waals surface area contributed by atoms with Crippen LogP contribution in [-0.2, 0) is 14.8 Å². The molecule has 1 N–H and O–H groups in total. The number of hydrogen-bond acceptors (Lipinski definition) is 5. The molecule has 0 amide bonds. The molecule has 2 fully saturated rings. The Balaban J connectivity index is 1.71. The van der Waals surface area contributed by atoms with Crippen molar-refractivity contribution in [2.45, 2.75) is 36.4 Å². The van der Waals surface area contributed by atoms with Crippen molar-refractivity contribution in [1.82, 2.24) is 9.62 Å². The van der Waals surface area contributed by atoms with Gasteiger partial charge in [0.15, 0.2) is 0 Å². The highest BCUT2D eigenvalue weighted by Crippen LogP contribution is 2.28. The molecule has 2 aliphatic rings. The molecule has 0 spiro atoms. The summed E-state index contributed by atoms with van der Waals surface area (Å²) in [6, 6.07) is 4.65. The van der Waals surface area contributed by atoms with Gasteiger partial charge in [0.05, 0.1) is 29.7 Å². The van der Waals surface area contributed by atoms with Crippen LogP contribution in [0.4, 0.5) is 0 Å². The third-order valence-corrected chi connectivity index (χ3v) is 6.16. The molecule has 128 valence electrons. The first-order valence-electron chi connectivity index (χ1n) is 7.60. The van der Waals surface area contributed by atoms with Gasteiger partial charge in [-0.25, -0.2) is 13.1 Å². The largest absolute Gasteiger partial charge is 0.495 e. The normalized spacial score (nSPS) is 28.6. The fraction of sp³-hybridized carbons (Fsp3) is 0.600. The first kappa shape index (κ1) is 17.0. The van der Waals surface area contributed by atoms with Crippen LogP contribution in [0.2, 0.25) is 5.02 Å². The lowest BCUT2D eigenvalue weighted by Gasteiger charge is -2.33. The summed E-state index contributed by atoms with van der Waals surface area (Å²) in [5, 5.41) is 0.279. The van der Waals surface area contributed by atoms with Crippen LogP contribution in [0.5, 0.6) is 5.75 Å². The number of fused-ring (bicyclic) bond motifs is 1. The van der Waals surface area contributed by atoms with Gasteiger partial charge < -0.3 is 9.47 Å². The first-order chi connectivity index (χ1) is 10.9. The predicted molar refractivity (Wildman–Crippen MR) is 87.5 cm³/mol. The average Bonchev–Trinajstić information content (AvgIpc) is 2.87. The quantitative estimate of drug-likeness (QED) is 0.881. The zero-order chi connectivity index (χ0) is 16.6. The number of ether oxygens (including phenoxy) is 2. The molecule has 0 saturated carbocycles. The third-order valence-electron chi connectivity index (χ3n) is 4.35. The Bertz CT molecular complexity index is 682. The van der Waals surface area contributed by atoms with Crippen molar-refractivity contribution >= 4 is 21.6 Å². The summed E-state index contributed by atoms with van der Waals surface area (Å²) in [7, 11) is -2.11. The van der Waals surface area contributed by atoms with E-state index in [4.69, 9.17) is 21.1 Å². The lowest BCUT2D eigenvalue weighted by Crippen LogP contribution is -2.45. The molecule has 2 heterocycles. The molecule has 6 nitrogen and oxygen atoms in total. The smallest absolute Gasteiger partial charge is 0.240 e. The van der Waals surface area contributed by atoms with E-state index in [1.807, 2.05) is 6.92 Å². The monoisotopic (exact) mass is 360 g/mol. The summed E-state index contributed by atoms with van der Waals surface area (Å²) in [5.41, 5.74) is 0. The van der Waals surface area contributed by atoms with Gasteiger partial charge in [-0.15, -0.1) is 0 Å². The van der Waals surface area contributed by atoms with Crippen LogP contribution in [0, 0.1) is 0 Å². The highest BCUT2D eigenvalue weighted by molar-refractivity contribution is 7.89. The Hall–Kier alpha value is -0.860. The maximum Gasteiger partial charge on any atom is 0.240 e. The highest BCUT2D eigenvalue weighted by Gasteiger charge is 2.37. The molecule has 2 saturated heterocycles.